The third-order valence-corrected chi connectivity index (χ3v) is 6.87. The lowest BCUT2D eigenvalue weighted by atomic mass is 9.93. The van der Waals surface area contributed by atoms with Crippen LogP contribution >= 0.6 is 0 Å². The van der Waals surface area contributed by atoms with Crippen LogP contribution in [0.25, 0.3) is 10.9 Å². The van der Waals surface area contributed by atoms with E-state index < -0.39 is 11.8 Å². The molecule has 0 unspecified atom stereocenters. The second kappa shape index (κ2) is 13.3. The molecule has 3 heterocycles. The number of hydrogen-bond acceptors (Lipinski definition) is 9. The Morgan fingerprint density at radius 1 is 1.02 bits per heavy atom. The molecule has 5 rings (SSSR count). The van der Waals surface area contributed by atoms with Crippen molar-refractivity contribution in [2.45, 2.75) is 32.6 Å². The van der Waals surface area contributed by atoms with E-state index in [1.807, 2.05) is 20.8 Å². The first-order valence-electron chi connectivity index (χ1n) is 14.1. The van der Waals surface area contributed by atoms with Gasteiger partial charge in [0.1, 0.15) is 11.5 Å². The van der Waals surface area contributed by atoms with Crippen LogP contribution in [0.2, 0.25) is 0 Å². The van der Waals surface area contributed by atoms with Crippen LogP contribution in [-0.4, -0.2) is 67.6 Å². The van der Waals surface area contributed by atoms with Crippen LogP contribution < -0.4 is 24.8 Å². The summed E-state index contributed by atoms with van der Waals surface area (Å²) in [5, 5.41) is 9.66. The maximum atomic E-state index is 15.1. The number of anilines is 2. The zero-order valence-corrected chi connectivity index (χ0v) is 24.7. The lowest BCUT2D eigenvalue weighted by Gasteiger charge is -2.26. The molecule has 228 valence electrons. The van der Waals surface area contributed by atoms with Crippen LogP contribution in [-0.2, 0) is 10.2 Å². The van der Waals surface area contributed by atoms with E-state index >= 15 is 4.39 Å². The van der Waals surface area contributed by atoms with Gasteiger partial charge in [-0.05, 0) is 30.7 Å². The van der Waals surface area contributed by atoms with Gasteiger partial charge in [0.25, 0.3) is 0 Å². The number of methoxy groups -OCH3 is 1. The first-order valence-corrected chi connectivity index (χ1v) is 14.1. The molecule has 12 heteroatoms. The number of ether oxygens (including phenoxy) is 4. The van der Waals surface area contributed by atoms with E-state index in [1.165, 1.54) is 18.2 Å². The molecule has 4 aromatic rings. The Balaban J connectivity index is 1.25. The van der Waals surface area contributed by atoms with Crippen molar-refractivity contribution in [3.63, 3.8) is 0 Å². The minimum atomic E-state index is -0.660. The normalized spacial score (nSPS) is 14.0. The summed E-state index contributed by atoms with van der Waals surface area (Å²) in [5.41, 5.74) is 0.582. The number of carbonyl (C=O) groups excluding carboxylic acids is 1. The average molecular weight is 594 g/mol. The second-order valence-electron chi connectivity index (χ2n) is 11.1. The Kier molecular flexibility index (Phi) is 9.27. The first kappa shape index (κ1) is 30.1. The fourth-order valence-corrected chi connectivity index (χ4v) is 4.53. The summed E-state index contributed by atoms with van der Waals surface area (Å²) in [6.07, 6.45) is 2.42. The summed E-state index contributed by atoms with van der Waals surface area (Å²) < 4.78 is 43.4. The van der Waals surface area contributed by atoms with Gasteiger partial charge >= 0.3 is 6.03 Å². The van der Waals surface area contributed by atoms with Crippen molar-refractivity contribution >= 4 is 28.4 Å². The number of nitrogens with one attached hydrogen (secondary N) is 2. The van der Waals surface area contributed by atoms with Gasteiger partial charge in [-0.25, -0.2) is 9.18 Å². The zero-order valence-electron chi connectivity index (χ0n) is 24.7. The van der Waals surface area contributed by atoms with Gasteiger partial charge in [0.2, 0.25) is 0 Å². The number of amides is 2. The van der Waals surface area contributed by atoms with Crippen LogP contribution in [0.5, 0.6) is 23.0 Å². The van der Waals surface area contributed by atoms with Gasteiger partial charge in [-0.3, -0.25) is 15.2 Å². The number of carbonyl (C=O) groups is 1. The molecule has 2 N–H and O–H groups in total. The minimum absolute atomic E-state index is 0.0198. The van der Waals surface area contributed by atoms with E-state index in [2.05, 4.69) is 25.7 Å². The first-order chi connectivity index (χ1) is 20.7. The van der Waals surface area contributed by atoms with Crippen molar-refractivity contribution in [1.82, 2.24) is 15.0 Å². The van der Waals surface area contributed by atoms with E-state index in [4.69, 9.17) is 23.5 Å². The van der Waals surface area contributed by atoms with Crippen LogP contribution in [0.15, 0.2) is 53.2 Å². The predicted molar refractivity (Wildman–Crippen MR) is 160 cm³/mol. The predicted octanol–water partition coefficient (Wildman–Crippen LogP) is 6.21. The molecule has 11 nitrogen and oxygen atoms in total. The highest BCUT2D eigenvalue weighted by molar-refractivity contribution is 5.99. The largest absolute Gasteiger partial charge is 0.493 e. The number of fused-ring (bicyclic) bond motifs is 1. The SMILES string of the molecule is COc1cc2nccc(Oc3ccc(NC(=O)Nc4cc(C(C)(C)C)on4)cc3F)c2cc1OCCCN1CCOCC1. The summed E-state index contributed by atoms with van der Waals surface area (Å²) in [5.74, 6) is 1.68. The number of aromatic nitrogens is 2. The molecular formula is C31H36FN5O6. The van der Waals surface area contributed by atoms with Crippen molar-refractivity contribution in [3.8, 4) is 23.0 Å². The van der Waals surface area contributed by atoms with Crippen LogP contribution in [0.4, 0.5) is 20.7 Å². The molecule has 2 amide bonds. The summed E-state index contributed by atoms with van der Waals surface area (Å²) in [7, 11) is 1.57. The van der Waals surface area contributed by atoms with Crippen molar-refractivity contribution < 1.29 is 32.7 Å². The fraction of sp³-hybridized carbons (Fsp3) is 0.387. The molecule has 1 aliphatic heterocycles. The second-order valence-corrected chi connectivity index (χ2v) is 11.1. The molecule has 2 aromatic heterocycles. The average Bonchev–Trinajstić information content (AvgIpc) is 3.46. The Morgan fingerprint density at radius 2 is 1.84 bits per heavy atom. The molecular weight excluding hydrogens is 557 g/mol. The van der Waals surface area contributed by atoms with Crippen molar-refractivity contribution in [1.29, 1.82) is 0 Å². The van der Waals surface area contributed by atoms with E-state index in [1.54, 1.807) is 37.6 Å². The maximum absolute atomic E-state index is 15.1. The molecule has 0 aliphatic carbocycles. The smallest absolute Gasteiger partial charge is 0.324 e. The molecule has 1 fully saturated rings. The highest BCUT2D eigenvalue weighted by Crippen LogP contribution is 2.38. The lowest BCUT2D eigenvalue weighted by Crippen LogP contribution is -2.37. The number of rotatable bonds is 10. The van der Waals surface area contributed by atoms with Gasteiger partial charge in [-0.15, -0.1) is 0 Å². The van der Waals surface area contributed by atoms with Crippen LogP contribution in [0.3, 0.4) is 0 Å². The molecule has 0 saturated carbocycles. The van der Waals surface area contributed by atoms with E-state index in [0.717, 1.165) is 39.3 Å². The summed E-state index contributed by atoms with van der Waals surface area (Å²) in [6.45, 7) is 10.7. The third kappa shape index (κ3) is 7.70. The summed E-state index contributed by atoms with van der Waals surface area (Å²) in [6, 6.07) is 10.4. The number of halogens is 1. The van der Waals surface area contributed by atoms with Gasteiger partial charge < -0.3 is 28.8 Å². The number of nitrogens with zero attached hydrogens (tertiary/aromatic N) is 3. The lowest BCUT2D eigenvalue weighted by molar-refractivity contribution is 0.0357. The third-order valence-electron chi connectivity index (χ3n) is 6.87. The Bertz CT molecular complexity index is 1560. The summed E-state index contributed by atoms with van der Waals surface area (Å²) in [4.78, 5) is 19.2. The summed E-state index contributed by atoms with van der Waals surface area (Å²) >= 11 is 0. The van der Waals surface area contributed by atoms with Gasteiger partial charge in [0, 0.05) is 60.5 Å². The number of benzene rings is 2. The highest BCUT2D eigenvalue weighted by Gasteiger charge is 2.21. The fourth-order valence-electron chi connectivity index (χ4n) is 4.53. The number of hydrogen-bond donors (Lipinski definition) is 2. The number of pyridine rings is 1. The Morgan fingerprint density at radius 3 is 2.56 bits per heavy atom. The molecule has 1 aliphatic rings. The molecule has 2 aromatic carbocycles. The van der Waals surface area contributed by atoms with E-state index in [0.29, 0.717) is 40.5 Å². The Hall–Kier alpha value is -4.42. The monoisotopic (exact) mass is 593 g/mol. The Labute approximate surface area is 249 Å². The molecule has 0 radical (unpaired) electrons. The van der Waals surface area contributed by atoms with Gasteiger partial charge in [-0.2, -0.15) is 0 Å². The van der Waals surface area contributed by atoms with Gasteiger partial charge in [0.05, 0.1) is 32.4 Å². The van der Waals surface area contributed by atoms with E-state index in [9.17, 15) is 4.79 Å². The van der Waals surface area contributed by atoms with E-state index in [-0.39, 0.29) is 22.7 Å². The van der Waals surface area contributed by atoms with Gasteiger partial charge in [-0.1, -0.05) is 25.9 Å². The number of morpholine rings is 1. The van der Waals surface area contributed by atoms with Crippen molar-refractivity contribution in [2.75, 3.05) is 57.2 Å². The maximum Gasteiger partial charge on any atom is 0.324 e. The minimum Gasteiger partial charge on any atom is -0.493 e. The molecule has 0 spiro atoms. The quantitative estimate of drug-likeness (QED) is 0.207. The molecule has 43 heavy (non-hydrogen) atoms. The zero-order chi connectivity index (χ0) is 30.4. The van der Waals surface area contributed by atoms with Crippen LogP contribution in [0.1, 0.15) is 33.0 Å². The van der Waals surface area contributed by atoms with Crippen molar-refractivity contribution in [3.05, 3.63) is 60.2 Å². The molecule has 0 bridgehead atoms. The highest BCUT2D eigenvalue weighted by atomic mass is 19.1. The van der Waals surface area contributed by atoms with Crippen LogP contribution in [0, 0.1) is 5.82 Å². The standard InChI is InChI=1S/C31H36FN5O6/c1-31(2,3)28-19-29(36-43-28)35-30(38)34-20-6-7-25(22(32)16-20)42-24-8-9-33-23-18-26(39-4)27(17-21(23)24)41-13-5-10-37-11-14-40-15-12-37/h6-9,16-19H,5,10-15H2,1-4H3,(H2,34,35,36,38). The number of urea groups is 1. The van der Waals surface area contributed by atoms with Gasteiger partial charge in [0.15, 0.2) is 28.9 Å². The molecule has 1 saturated heterocycles. The molecule has 0 atom stereocenters. The topological polar surface area (TPSA) is 120 Å². The van der Waals surface area contributed by atoms with Crippen molar-refractivity contribution in [2.24, 2.45) is 0 Å².